The summed E-state index contributed by atoms with van der Waals surface area (Å²) in [5.41, 5.74) is 0. The monoisotopic (exact) mass is 143 g/mol. The Hall–Kier alpha value is 1.75. The van der Waals surface area contributed by atoms with Crippen LogP contribution in [0, 0.1) is 0 Å². The van der Waals surface area contributed by atoms with Gasteiger partial charge >= 0.3 is 51.4 Å². The van der Waals surface area contributed by atoms with Gasteiger partial charge in [-0.2, -0.15) is 0 Å². The molecule has 1 aliphatic rings. The van der Waals surface area contributed by atoms with E-state index in [1.807, 2.05) is 0 Å². The molecule has 0 amide bonds. The Kier molecular flexibility index (Phi) is 5.76. The van der Waals surface area contributed by atoms with E-state index in [9.17, 15) is 4.21 Å². The second kappa shape index (κ2) is 4.61. The molecule has 0 spiro atoms. The maximum Gasteiger partial charge on any atom is 1.00 e. The summed E-state index contributed by atoms with van der Waals surface area (Å²) in [7, 11) is -0.590. The van der Waals surface area contributed by atoms with Crippen LogP contribution in [-0.2, 0) is 10.8 Å². The molecular formula is C3H6KNOS. The Morgan fingerprint density at radius 2 is 2.29 bits per heavy atom. The second-order valence-corrected chi connectivity index (χ2v) is 2.77. The van der Waals surface area contributed by atoms with E-state index < -0.39 is 10.8 Å². The summed E-state index contributed by atoms with van der Waals surface area (Å²) >= 11 is 0. The predicted octanol–water partition coefficient (Wildman–Crippen LogP) is -2.92. The van der Waals surface area contributed by atoms with Gasteiger partial charge in [0.25, 0.3) is 0 Å². The van der Waals surface area contributed by atoms with E-state index in [1.54, 1.807) is 0 Å². The van der Waals surface area contributed by atoms with E-state index in [2.05, 4.69) is 5.32 Å². The minimum absolute atomic E-state index is 0. The van der Waals surface area contributed by atoms with Gasteiger partial charge < -0.3 is 5.32 Å². The van der Waals surface area contributed by atoms with E-state index in [0.717, 1.165) is 12.3 Å². The zero-order valence-corrected chi connectivity index (χ0v) is 8.32. The Labute approximate surface area is 88.3 Å². The van der Waals surface area contributed by atoms with Crippen LogP contribution in [0.3, 0.4) is 0 Å². The van der Waals surface area contributed by atoms with Crippen molar-refractivity contribution >= 4 is 10.8 Å². The average molecular weight is 143 g/mol. The fraction of sp³-hybridized carbons (Fsp3) is 1.00. The van der Waals surface area contributed by atoms with Gasteiger partial charge in [-0.05, 0) is 10.8 Å². The topological polar surface area (TPSA) is 31.2 Å². The summed E-state index contributed by atoms with van der Waals surface area (Å²) in [6.07, 6.45) is 0. The molecule has 0 saturated carbocycles. The first-order valence-corrected chi connectivity index (χ1v) is 3.36. The maximum absolute atomic E-state index is 10.3. The Morgan fingerprint density at radius 3 is 2.43 bits per heavy atom. The zero-order valence-electron chi connectivity index (χ0n) is 4.39. The average Bonchev–Trinajstić information content (AvgIpc) is 1.86. The van der Waals surface area contributed by atoms with Gasteiger partial charge in [-0.15, -0.1) is 6.54 Å². The number of hydrogen-bond acceptors (Lipinski definition) is 1. The summed E-state index contributed by atoms with van der Waals surface area (Å²) in [5.74, 6) is 1.38. The van der Waals surface area contributed by atoms with E-state index >= 15 is 0 Å². The molecule has 0 N–H and O–H groups in total. The second-order valence-electron chi connectivity index (χ2n) is 1.22. The third-order valence-corrected chi connectivity index (χ3v) is 1.82. The Bertz CT molecular complexity index is 69.3. The molecule has 1 aliphatic heterocycles. The predicted molar refractivity (Wildman–Crippen MR) is 26.1 cm³/mol. The van der Waals surface area contributed by atoms with Crippen LogP contribution in [0.25, 0.3) is 5.32 Å². The summed E-state index contributed by atoms with van der Waals surface area (Å²) in [6, 6.07) is 0. The smallest absolute Gasteiger partial charge is 0.651 e. The van der Waals surface area contributed by atoms with Crippen LogP contribution >= 0.6 is 0 Å². The van der Waals surface area contributed by atoms with Crippen LogP contribution in [0.5, 0.6) is 0 Å². The van der Waals surface area contributed by atoms with Crippen molar-refractivity contribution in [3.05, 3.63) is 5.32 Å². The van der Waals surface area contributed by atoms with Crippen LogP contribution in [0.4, 0.5) is 0 Å². The van der Waals surface area contributed by atoms with Crippen molar-refractivity contribution in [2.24, 2.45) is 0 Å². The molecule has 1 heterocycles. The molecule has 1 fully saturated rings. The van der Waals surface area contributed by atoms with Crippen molar-refractivity contribution in [1.29, 1.82) is 0 Å². The largest absolute Gasteiger partial charge is 1.00 e. The minimum atomic E-state index is -0.590. The first kappa shape index (κ1) is 8.75. The van der Waals surface area contributed by atoms with Crippen molar-refractivity contribution < 1.29 is 55.6 Å². The van der Waals surface area contributed by atoms with Gasteiger partial charge in [0, 0.05) is 5.75 Å². The van der Waals surface area contributed by atoms with E-state index in [4.69, 9.17) is 0 Å². The van der Waals surface area contributed by atoms with Gasteiger partial charge in [-0.3, -0.25) is 4.21 Å². The maximum atomic E-state index is 10.3. The van der Waals surface area contributed by atoms with Crippen LogP contribution in [-0.4, -0.2) is 22.4 Å². The molecule has 0 bridgehead atoms. The van der Waals surface area contributed by atoms with Crippen molar-refractivity contribution in [2.45, 2.75) is 0 Å². The Balaban J connectivity index is 0.000000360. The summed E-state index contributed by atoms with van der Waals surface area (Å²) in [6.45, 7) is 0.812. The van der Waals surface area contributed by atoms with Gasteiger partial charge in [0.2, 0.25) is 0 Å². The number of nitrogens with zero attached hydrogens (tertiary/aromatic N) is 1. The quantitative estimate of drug-likeness (QED) is 0.334. The van der Waals surface area contributed by atoms with Gasteiger partial charge in [0.05, 0.1) is 0 Å². The molecule has 0 aromatic rings. The third-order valence-electron chi connectivity index (χ3n) is 0.712. The zero-order chi connectivity index (χ0) is 4.41. The summed E-state index contributed by atoms with van der Waals surface area (Å²) in [4.78, 5) is 0. The minimum Gasteiger partial charge on any atom is -0.651 e. The SMILES string of the molecule is O=S1CC[N-]C1.[K+]. The summed E-state index contributed by atoms with van der Waals surface area (Å²) < 4.78 is 10.3. The molecule has 4 heteroatoms. The molecule has 0 aromatic heterocycles. The molecule has 0 aromatic carbocycles. The van der Waals surface area contributed by atoms with E-state index in [0.29, 0.717) is 5.88 Å². The molecule has 0 aliphatic carbocycles. The van der Waals surface area contributed by atoms with E-state index in [-0.39, 0.29) is 51.4 Å². The first-order valence-electron chi connectivity index (χ1n) is 1.88. The Morgan fingerprint density at radius 1 is 1.57 bits per heavy atom. The van der Waals surface area contributed by atoms with Gasteiger partial charge in [-0.1, -0.05) is 5.88 Å². The molecule has 1 saturated heterocycles. The van der Waals surface area contributed by atoms with Crippen LogP contribution in [0.1, 0.15) is 0 Å². The molecule has 1 rings (SSSR count). The normalized spacial score (nSPS) is 29.4. The van der Waals surface area contributed by atoms with Crippen LogP contribution in [0.15, 0.2) is 0 Å². The van der Waals surface area contributed by atoms with Crippen molar-refractivity contribution in [3.8, 4) is 0 Å². The third kappa shape index (κ3) is 3.34. The van der Waals surface area contributed by atoms with Crippen molar-refractivity contribution in [2.75, 3.05) is 18.2 Å². The first-order chi connectivity index (χ1) is 2.89. The van der Waals surface area contributed by atoms with Gasteiger partial charge in [-0.25, -0.2) is 0 Å². The van der Waals surface area contributed by atoms with Crippen LogP contribution < -0.4 is 51.4 Å². The molecule has 2 nitrogen and oxygen atoms in total. The van der Waals surface area contributed by atoms with E-state index in [1.165, 1.54) is 0 Å². The van der Waals surface area contributed by atoms with Gasteiger partial charge in [0.1, 0.15) is 0 Å². The van der Waals surface area contributed by atoms with Crippen molar-refractivity contribution in [3.63, 3.8) is 0 Å². The molecule has 0 radical (unpaired) electrons. The molecule has 1 unspecified atom stereocenters. The molecule has 1 atom stereocenters. The molecular weight excluding hydrogens is 137 g/mol. The molecule has 7 heavy (non-hydrogen) atoms. The standard InChI is InChI=1S/C3H6NOS.K/c5-6-2-1-4-3-6;/h1-3H2;/q-1;+1. The van der Waals surface area contributed by atoms with Crippen LogP contribution in [0.2, 0.25) is 0 Å². The van der Waals surface area contributed by atoms with Gasteiger partial charge in [0.15, 0.2) is 0 Å². The number of hydrogen-bond donors (Lipinski definition) is 0. The van der Waals surface area contributed by atoms with Crippen molar-refractivity contribution in [1.82, 2.24) is 0 Å². The fourth-order valence-corrected chi connectivity index (χ4v) is 1.19. The molecule has 36 valence electrons. The number of rotatable bonds is 0. The fourth-order valence-electron chi connectivity index (χ4n) is 0.397. The summed E-state index contributed by atoms with van der Waals surface area (Å²) in [5, 5.41) is 3.86.